The first-order valence-corrected chi connectivity index (χ1v) is 14.8. The van der Waals surface area contributed by atoms with Gasteiger partial charge in [-0.2, -0.15) is 0 Å². The highest BCUT2D eigenvalue weighted by Gasteiger charge is 2.27. The number of benzene rings is 3. The first-order valence-electron chi connectivity index (χ1n) is 14.8. The highest BCUT2D eigenvalue weighted by Crippen LogP contribution is 2.42. The van der Waals surface area contributed by atoms with Gasteiger partial charge in [0.05, 0.1) is 0 Å². The Labute approximate surface area is 249 Å². The van der Waals surface area contributed by atoms with E-state index in [9.17, 15) is 14.4 Å². The lowest BCUT2D eigenvalue weighted by atomic mass is 9.84. The normalized spacial score (nSPS) is 11.9. The first kappa shape index (κ1) is 30.9. The molecule has 4 heteroatoms. The molecule has 0 bridgehead atoms. The van der Waals surface area contributed by atoms with Crippen LogP contribution < -0.4 is 15.2 Å². The third kappa shape index (κ3) is 6.09. The number of allylic oxidation sites excluding steroid dienone is 1. The molecule has 0 atom stereocenters. The molecule has 0 unspecified atom stereocenters. The van der Waals surface area contributed by atoms with E-state index < -0.39 is 0 Å². The molecule has 1 aliphatic heterocycles. The summed E-state index contributed by atoms with van der Waals surface area (Å²) >= 11 is 0. The van der Waals surface area contributed by atoms with Crippen LogP contribution in [0.25, 0.3) is 12.2 Å². The maximum atomic E-state index is 13.1. The molecule has 1 heterocycles. The van der Waals surface area contributed by atoms with Gasteiger partial charge in [-0.1, -0.05) is 31.7 Å². The fourth-order valence-electron chi connectivity index (χ4n) is 5.76. The van der Waals surface area contributed by atoms with Gasteiger partial charge in [-0.3, -0.25) is 14.4 Å². The van der Waals surface area contributed by atoms with Crippen molar-refractivity contribution >= 4 is 29.5 Å². The molecule has 0 spiro atoms. The van der Waals surface area contributed by atoms with Crippen LogP contribution in [0, 0.1) is 34.6 Å². The fraction of sp³-hybridized carbons (Fsp3) is 0.342. The Morgan fingerprint density at radius 3 is 2.12 bits per heavy atom. The summed E-state index contributed by atoms with van der Waals surface area (Å²) in [6.07, 6.45) is 3.55. The van der Waals surface area contributed by atoms with Gasteiger partial charge in [-0.25, -0.2) is 0 Å². The average molecular weight is 563 g/mol. The fourth-order valence-corrected chi connectivity index (χ4v) is 5.76. The zero-order valence-electron chi connectivity index (χ0n) is 26.2. The lowest BCUT2D eigenvalue weighted by Crippen LogP contribution is -2.25. The molecule has 1 aliphatic rings. The number of hydrogen-bond acceptors (Lipinski definition) is 4. The number of aryl methyl sites for hydroxylation is 2. The second kappa shape index (κ2) is 12.4. The van der Waals surface area contributed by atoms with E-state index in [1.807, 2.05) is 32.0 Å². The number of ether oxygens (including phenoxy) is 1. The summed E-state index contributed by atoms with van der Waals surface area (Å²) in [5.74, 6) is 1.76. The Balaban J connectivity index is 1.74. The molecule has 42 heavy (non-hydrogen) atoms. The van der Waals surface area contributed by atoms with Crippen molar-refractivity contribution in [1.82, 2.24) is 0 Å². The Hall–Kier alpha value is -4.05. The summed E-state index contributed by atoms with van der Waals surface area (Å²) in [7, 11) is 0. The molecule has 3 aromatic rings. The van der Waals surface area contributed by atoms with Crippen LogP contribution in [0.2, 0.25) is 0 Å². The minimum atomic E-state index is -0.0497. The molecule has 3 aromatic carbocycles. The molecule has 0 saturated heterocycles. The average Bonchev–Trinajstić information content (AvgIpc) is 2.94. The predicted octanol–water partition coefficient (Wildman–Crippen LogP) is 7.40. The van der Waals surface area contributed by atoms with E-state index in [1.165, 1.54) is 5.56 Å². The smallest absolute Gasteiger partial charge is 0.160 e. The maximum Gasteiger partial charge on any atom is 0.160 e. The number of hydrogen-bond donors (Lipinski definition) is 0. The van der Waals surface area contributed by atoms with E-state index in [0.717, 1.165) is 85.7 Å². The third-order valence-corrected chi connectivity index (χ3v) is 8.69. The van der Waals surface area contributed by atoms with Gasteiger partial charge < -0.3 is 4.74 Å². The van der Waals surface area contributed by atoms with Gasteiger partial charge in [0.25, 0.3) is 0 Å². The minimum Gasteiger partial charge on any atom is -0.455 e. The molecule has 4 nitrogen and oxygen atoms in total. The molecule has 0 fully saturated rings. The zero-order valence-corrected chi connectivity index (χ0v) is 26.2. The molecular formula is C38H42O4. The van der Waals surface area contributed by atoms with E-state index >= 15 is 0 Å². The van der Waals surface area contributed by atoms with Gasteiger partial charge in [-0.05, 0) is 129 Å². The Kier molecular flexibility index (Phi) is 9.15. The summed E-state index contributed by atoms with van der Waals surface area (Å²) in [4.78, 5) is 37.7. The molecule has 218 valence electrons. The second-order valence-electron chi connectivity index (χ2n) is 11.9. The molecule has 0 amide bonds. The monoisotopic (exact) mass is 562 g/mol. The van der Waals surface area contributed by atoms with Crippen LogP contribution in [-0.4, -0.2) is 17.3 Å². The Morgan fingerprint density at radius 2 is 1.45 bits per heavy atom. The number of rotatable bonds is 11. The number of carbonyl (C=O) groups is 3. The van der Waals surface area contributed by atoms with Crippen LogP contribution >= 0.6 is 0 Å². The largest absolute Gasteiger partial charge is 0.455 e. The van der Waals surface area contributed by atoms with Crippen molar-refractivity contribution in [2.75, 3.05) is 0 Å². The van der Waals surface area contributed by atoms with Gasteiger partial charge in [0.15, 0.2) is 11.6 Å². The van der Waals surface area contributed by atoms with Crippen molar-refractivity contribution in [3.63, 3.8) is 0 Å². The minimum absolute atomic E-state index is 0.0497. The standard InChI is InChI=1S/C38H42O4/c1-21(2)35(41)14-12-10-11-13-30(40)19-29-15-16-31(32(20-29)28(9)39)36-33-17-22(3)24(5)26(7)37(33)42-38-27(8)25(6)23(4)18-34(36)38/h15-18,20H,1,5,10-14,19H2,2-4,6-9H3. The van der Waals surface area contributed by atoms with Crippen LogP contribution in [0.15, 0.2) is 42.5 Å². The SMILES string of the molecule is C=C(C)C(=O)CCCCCC(=O)Cc1ccc(C2=c3cc(C)c(=C)c(C)c3Oc3c2cc(C)c(C)c3C)c(C(C)=O)c1. The van der Waals surface area contributed by atoms with Gasteiger partial charge in [0.1, 0.15) is 17.3 Å². The summed E-state index contributed by atoms with van der Waals surface area (Å²) < 4.78 is 6.61. The highest BCUT2D eigenvalue weighted by molar-refractivity contribution is 6.02. The number of unbranched alkanes of at least 4 members (excludes halogenated alkanes) is 2. The maximum absolute atomic E-state index is 13.1. The summed E-state index contributed by atoms with van der Waals surface area (Å²) in [6, 6.07) is 10.1. The molecule has 0 N–H and O–H groups in total. The van der Waals surface area contributed by atoms with Crippen molar-refractivity contribution in [2.45, 2.75) is 87.0 Å². The Bertz CT molecular complexity index is 1750. The summed E-state index contributed by atoms with van der Waals surface area (Å²) in [6.45, 7) is 21.6. The third-order valence-electron chi connectivity index (χ3n) is 8.69. The van der Waals surface area contributed by atoms with Crippen molar-refractivity contribution in [2.24, 2.45) is 0 Å². The molecular weight excluding hydrogens is 520 g/mol. The van der Waals surface area contributed by atoms with Gasteiger partial charge in [-0.15, -0.1) is 0 Å². The van der Waals surface area contributed by atoms with E-state index in [0.29, 0.717) is 24.0 Å². The lowest BCUT2D eigenvalue weighted by Gasteiger charge is -2.27. The summed E-state index contributed by atoms with van der Waals surface area (Å²) in [5, 5.41) is 1.89. The number of fused-ring (bicyclic) bond motifs is 2. The Morgan fingerprint density at radius 1 is 0.762 bits per heavy atom. The van der Waals surface area contributed by atoms with Crippen molar-refractivity contribution in [3.05, 3.63) is 103 Å². The number of ketones is 3. The van der Waals surface area contributed by atoms with E-state index in [-0.39, 0.29) is 23.8 Å². The van der Waals surface area contributed by atoms with Crippen LogP contribution in [0.1, 0.15) is 101 Å². The molecule has 0 radical (unpaired) electrons. The molecule has 0 saturated carbocycles. The highest BCUT2D eigenvalue weighted by atomic mass is 16.5. The van der Waals surface area contributed by atoms with Gasteiger partial charge in [0, 0.05) is 41.2 Å². The van der Waals surface area contributed by atoms with Crippen molar-refractivity contribution < 1.29 is 19.1 Å². The van der Waals surface area contributed by atoms with E-state index in [2.05, 4.69) is 46.1 Å². The molecule has 4 rings (SSSR count). The predicted molar refractivity (Wildman–Crippen MR) is 171 cm³/mol. The molecule has 0 aliphatic carbocycles. The lowest BCUT2D eigenvalue weighted by molar-refractivity contribution is -0.118. The summed E-state index contributed by atoms with van der Waals surface area (Å²) in [5.41, 5.74) is 10.2. The zero-order chi connectivity index (χ0) is 30.9. The number of carbonyl (C=O) groups excluding carboxylic acids is 3. The van der Waals surface area contributed by atoms with Crippen LogP contribution in [-0.2, 0) is 16.0 Å². The second-order valence-corrected chi connectivity index (χ2v) is 11.9. The van der Waals surface area contributed by atoms with Gasteiger partial charge >= 0.3 is 0 Å². The van der Waals surface area contributed by atoms with E-state index in [1.54, 1.807) is 13.8 Å². The first-order chi connectivity index (χ1) is 19.8. The number of Topliss-reactive ketones (excluding diaryl/α,β-unsaturated/α-hetero) is 3. The van der Waals surface area contributed by atoms with Crippen LogP contribution in [0.3, 0.4) is 0 Å². The van der Waals surface area contributed by atoms with Crippen molar-refractivity contribution in [3.8, 4) is 11.5 Å². The van der Waals surface area contributed by atoms with Gasteiger partial charge in [0.2, 0.25) is 0 Å². The van der Waals surface area contributed by atoms with E-state index in [4.69, 9.17) is 4.74 Å². The van der Waals surface area contributed by atoms with Crippen LogP contribution in [0.4, 0.5) is 0 Å². The quantitative estimate of drug-likeness (QED) is 0.109. The van der Waals surface area contributed by atoms with Crippen molar-refractivity contribution in [1.29, 1.82) is 0 Å². The topological polar surface area (TPSA) is 60.4 Å². The van der Waals surface area contributed by atoms with Crippen LogP contribution in [0.5, 0.6) is 11.5 Å². The molecule has 0 aromatic heterocycles.